The van der Waals surface area contributed by atoms with Crippen molar-refractivity contribution in [3.63, 3.8) is 0 Å². The number of nitrogens with zero attached hydrogens (tertiary/aromatic N) is 1. The molecule has 1 N–H and O–H groups in total. The molecule has 1 saturated heterocycles. The van der Waals surface area contributed by atoms with Crippen LogP contribution in [0, 0.1) is 5.82 Å². The van der Waals surface area contributed by atoms with Crippen molar-refractivity contribution in [2.45, 2.75) is 25.8 Å². The predicted octanol–water partition coefficient (Wildman–Crippen LogP) is 1.77. The predicted molar refractivity (Wildman–Crippen MR) is 87.6 cm³/mol. The van der Waals surface area contributed by atoms with Gasteiger partial charge >= 0.3 is 0 Å². The van der Waals surface area contributed by atoms with Crippen molar-refractivity contribution in [2.75, 3.05) is 18.8 Å². The van der Waals surface area contributed by atoms with E-state index in [1.807, 2.05) is 0 Å². The van der Waals surface area contributed by atoms with E-state index in [0.29, 0.717) is 25.9 Å². The first-order chi connectivity index (χ1) is 10.9. The lowest BCUT2D eigenvalue weighted by atomic mass is 10.1. The Hall–Kier alpha value is -1.73. The van der Waals surface area contributed by atoms with Gasteiger partial charge in [-0.25, -0.2) is 17.1 Å². The number of sulfonamides is 1. The van der Waals surface area contributed by atoms with Crippen molar-refractivity contribution in [3.8, 4) is 0 Å². The molecule has 0 bridgehead atoms. The van der Waals surface area contributed by atoms with Gasteiger partial charge in [0.1, 0.15) is 5.82 Å². The number of rotatable bonds is 5. The van der Waals surface area contributed by atoms with Crippen molar-refractivity contribution in [3.05, 3.63) is 41.7 Å². The highest BCUT2D eigenvalue weighted by Crippen LogP contribution is 2.14. The number of carbonyl (C=O) groups excluding carboxylic acids is 1. The molecular weight excluding hydrogens is 319 g/mol. The number of nitrogens with one attached hydrogen (secondary N) is 1. The summed E-state index contributed by atoms with van der Waals surface area (Å²) in [4.78, 5) is 11.9. The molecule has 1 aliphatic rings. The number of hydrogen-bond donors (Lipinski definition) is 1. The molecule has 23 heavy (non-hydrogen) atoms. The Morgan fingerprint density at radius 3 is 2.48 bits per heavy atom. The Morgan fingerprint density at radius 1 is 1.30 bits per heavy atom. The Bertz CT molecular complexity index is 663. The van der Waals surface area contributed by atoms with Gasteiger partial charge in [0.05, 0.1) is 5.75 Å². The summed E-state index contributed by atoms with van der Waals surface area (Å²) in [6.07, 6.45) is 4.23. The number of benzene rings is 1. The molecule has 1 amide bonds. The first kappa shape index (κ1) is 17.6. The number of halogens is 1. The van der Waals surface area contributed by atoms with E-state index in [9.17, 15) is 17.6 Å². The maximum absolute atomic E-state index is 12.8. The largest absolute Gasteiger partial charge is 0.350 e. The summed E-state index contributed by atoms with van der Waals surface area (Å²) in [6, 6.07) is 5.83. The summed E-state index contributed by atoms with van der Waals surface area (Å²) in [5.74, 6) is -0.448. The van der Waals surface area contributed by atoms with Gasteiger partial charge in [0.15, 0.2) is 0 Å². The van der Waals surface area contributed by atoms with Crippen LogP contribution in [0.1, 0.15) is 25.3 Å². The number of hydrogen-bond acceptors (Lipinski definition) is 3. The molecule has 0 radical (unpaired) electrons. The molecule has 126 valence electrons. The van der Waals surface area contributed by atoms with Crippen LogP contribution < -0.4 is 5.32 Å². The third kappa shape index (κ3) is 5.14. The van der Waals surface area contributed by atoms with Crippen molar-refractivity contribution in [1.29, 1.82) is 0 Å². The van der Waals surface area contributed by atoms with E-state index in [-0.39, 0.29) is 23.5 Å². The topological polar surface area (TPSA) is 66.5 Å². The lowest BCUT2D eigenvalue weighted by Gasteiger charge is -2.31. The normalized spacial score (nSPS) is 17.5. The quantitative estimate of drug-likeness (QED) is 0.831. The summed E-state index contributed by atoms with van der Waals surface area (Å²) in [5, 5.41) is 2.87. The molecule has 1 aromatic carbocycles. The molecule has 5 nitrogen and oxygen atoms in total. The van der Waals surface area contributed by atoms with Crippen molar-refractivity contribution in [2.24, 2.45) is 0 Å². The summed E-state index contributed by atoms with van der Waals surface area (Å²) in [5.41, 5.74) is 0.741. The molecule has 0 spiro atoms. The van der Waals surface area contributed by atoms with E-state index in [1.165, 1.54) is 22.5 Å². The molecule has 0 aromatic heterocycles. The fourth-order valence-electron chi connectivity index (χ4n) is 2.46. The minimum Gasteiger partial charge on any atom is -0.350 e. The zero-order valence-electron chi connectivity index (χ0n) is 13.0. The van der Waals surface area contributed by atoms with Gasteiger partial charge in [-0.2, -0.15) is 0 Å². The van der Waals surface area contributed by atoms with Gasteiger partial charge in [0.25, 0.3) is 0 Å². The fraction of sp³-hybridized carbons (Fsp3) is 0.438. The summed E-state index contributed by atoms with van der Waals surface area (Å²) in [7, 11) is -3.15. The third-order valence-corrected chi connectivity index (χ3v) is 5.74. The first-order valence-electron chi connectivity index (χ1n) is 7.62. The lowest BCUT2D eigenvalue weighted by molar-refractivity contribution is -0.117. The van der Waals surface area contributed by atoms with E-state index in [4.69, 9.17) is 0 Å². The van der Waals surface area contributed by atoms with Crippen LogP contribution >= 0.6 is 0 Å². The fourth-order valence-corrected chi connectivity index (χ4v) is 3.59. The molecule has 0 aliphatic carbocycles. The average molecular weight is 340 g/mol. The molecular formula is C16H21FN2O3S. The molecule has 0 atom stereocenters. The zero-order chi connectivity index (χ0) is 16.9. The average Bonchev–Trinajstić information content (AvgIpc) is 2.55. The standard InChI is InChI=1S/C16H21FN2O3S/c1-2-23(21,22)19-11-9-15(10-12-19)18-16(20)8-5-13-3-6-14(17)7-4-13/h3-8,15H,2,9-12H2,1H3,(H,18,20). The number of piperidine rings is 1. The van der Waals surface area contributed by atoms with E-state index in [2.05, 4.69) is 5.32 Å². The van der Waals surface area contributed by atoms with Gasteiger partial charge in [0.2, 0.25) is 15.9 Å². The van der Waals surface area contributed by atoms with Gasteiger partial charge < -0.3 is 5.32 Å². The molecule has 0 unspecified atom stereocenters. The second kappa shape index (κ2) is 7.70. The third-order valence-electron chi connectivity index (χ3n) is 3.86. The molecule has 1 aromatic rings. The van der Waals surface area contributed by atoms with Crippen LogP contribution in [-0.2, 0) is 14.8 Å². The van der Waals surface area contributed by atoms with Crippen molar-refractivity contribution >= 4 is 22.0 Å². The Labute approximate surface area is 136 Å². The second-order valence-corrected chi connectivity index (χ2v) is 7.72. The SMILES string of the molecule is CCS(=O)(=O)N1CCC(NC(=O)C=Cc2ccc(F)cc2)CC1. The van der Waals surface area contributed by atoms with Crippen LogP contribution in [0.25, 0.3) is 6.08 Å². The molecule has 7 heteroatoms. The molecule has 1 aliphatic heterocycles. The Morgan fingerprint density at radius 2 is 1.91 bits per heavy atom. The van der Waals surface area contributed by atoms with E-state index in [0.717, 1.165) is 5.56 Å². The summed E-state index contributed by atoms with van der Waals surface area (Å²) < 4.78 is 37.8. The maximum Gasteiger partial charge on any atom is 0.244 e. The highest BCUT2D eigenvalue weighted by atomic mass is 32.2. The number of carbonyl (C=O) groups is 1. The molecule has 2 rings (SSSR count). The second-order valence-electron chi connectivity index (χ2n) is 5.47. The highest BCUT2D eigenvalue weighted by molar-refractivity contribution is 7.89. The summed E-state index contributed by atoms with van der Waals surface area (Å²) >= 11 is 0. The van der Waals surface area contributed by atoms with Crippen molar-refractivity contribution < 1.29 is 17.6 Å². The van der Waals surface area contributed by atoms with Gasteiger partial charge in [-0.3, -0.25) is 4.79 Å². The monoisotopic (exact) mass is 340 g/mol. The van der Waals surface area contributed by atoms with Crippen molar-refractivity contribution in [1.82, 2.24) is 9.62 Å². The molecule has 0 saturated carbocycles. The Kier molecular flexibility index (Phi) is 5.90. The van der Waals surface area contributed by atoms with Gasteiger partial charge in [-0.05, 0) is 43.5 Å². The minimum absolute atomic E-state index is 0.0244. The van der Waals surface area contributed by atoms with E-state index in [1.54, 1.807) is 25.1 Å². The van der Waals surface area contributed by atoms with Gasteiger partial charge in [0, 0.05) is 25.2 Å². The minimum atomic E-state index is -3.15. The van der Waals surface area contributed by atoms with Crippen LogP contribution in [0.4, 0.5) is 4.39 Å². The smallest absolute Gasteiger partial charge is 0.244 e. The zero-order valence-corrected chi connectivity index (χ0v) is 13.9. The lowest BCUT2D eigenvalue weighted by Crippen LogP contribution is -2.46. The van der Waals surface area contributed by atoms with Gasteiger partial charge in [-0.1, -0.05) is 12.1 Å². The molecule has 1 fully saturated rings. The first-order valence-corrected chi connectivity index (χ1v) is 9.23. The maximum atomic E-state index is 12.8. The number of amides is 1. The van der Waals surface area contributed by atoms with Crippen LogP contribution in [-0.4, -0.2) is 43.5 Å². The van der Waals surface area contributed by atoms with E-state index < -0.39 is 10.0 Å². The highest BCUT2D eigenvalue weighted by Gasteiger charge is 2.26. The van der Waals surface area contributed by atoms with Crippen LogP contribution in [0.2, 0.25) is 0 Å². The summed E-state index contributed by atoms with van der Waals surface area (Å²) in [6.45, 7) is 2.50. The molecule has 1 heterocycles. The van der Waals surface area contributed by atoms with Crippen LogP contribution in [0.5, 0.6) is 0 Å². The van der Waals surface area contributed by atoms with Crippen LogP contribution in [0.15, 0.2) is 30.3 Å². The van der Waals surface area contributed by atoms with E-state index >= 15 is 0 Å². The van der Waals surface area contributed by atoms with Gasteiger partial charge in [-0.15, -0.1) is 0 Å². The van der Waals surface area contributed by atoms with Crippen LogP contribution in [0.3, 0.4) is 0 Å². The Balaban J connectivity index is 1.82.